The lowest BCUT2D eigenvalue weighted by Gasteiger charge is -2.33. The molecular formula is C21H30N4O6. The van der Waals surface area contributed by atoms with Crippen molar-refractivity contribution in [2.24, 2.45) is 0 Å². The van der Waals surface area contributed by atoms with Crippen molar-refractivity contribution in [3.8, 4) is 0 Å². The standard InChI is InChI=1S/C21H30N4O6/c1-3-30-19(27)14(2)22-21(29)31-13-16(26)12-24-10-8-15(9-11-24)25-18-7-5-4-6-17(18)23-20(25)28/h4-7,14-16,26H,3,8-13H2,1-2H3,(H,22,29)(H,23,28). The Morgan fingerprint density at radius 2 is 1.97 bits per heavy atom. The zero-order chi connectivity index (χ0) is 22.4. The number of esters is 1. The molecule has 3 N–H and O–H groups in total. The number of rotatable bonds is 8. The van der Waals surface area contributed by atoms with Crippen molar-refractivity contribution >= 4 is 23.1 Å². The van der Waals surface area contributed by atoms with Gasteiger partial charge in [0.1, 0.15) is 18.8 Å². The van der Waals surface area contributed by atoms with Crippen molar-refractivity contribution in [2.75, 3.05) is 32.8 Å². The highest BCUT2D eigenvalue weighted by Crippen LogP contribution is 2.24. The summed E-state index contributed by atoms with van der Waals surface area (Å²) < 4.78 is 11.6. The van der Waals surface area contributed by atoms with Gasteiger partial charge in [-0.2, -0.15) is 0 Å². The third-order valence-corrected chi connectivity index (χ3v) is 5.40. The topological polar surface area (TPSA) is 126 Å². The van der Waals surface area contributed by atoms with Gasteiger partial charge in [-0.15, -0.1) is 0 Å². The van der Waals surface area contributed by atoms with E-state index in [9.17, 15) is 19.5 Å². The minimum absolute atomic E-state index is 0.100. The van der Waals surface area contributed by atoms with E-state index in [0.29, 0.717) is 6.54 Å². The monoisotopic (exact) mass is 434 g/mol. The second-order valence-electron chi connectivity index (χ2n) is 7.72. The highest BCUT2D eigenvalue weighted by atomic mass is 16.6. The fourth-order valence-corrected chi connectivity index (χ4v) is 3.86. The van der Waals surface area contributed by atoms with Crippen LogP contribution in [0.15, 0.2) is 29.1 Å². The first kappa shape index (κ1) is 22.8. The number of ether oxygens (including phenoxy) is 2. The van der Waals surface area contributed by atoms with Crippen LogP contribution in [0.4, 0.5) is 4.79 Å². The first-order valence-corrected chi connectivity index (χ1v) is 10.6. The van der Waals surface area contributed by atoms with E-state index >= 15 is 0 Å². The van der Waals surface area contributed by atoms with Crippen molar-refractivity contribution in [1.82, 2.24) is 19.8 Å². The molecule has 10 nitrogen and oxygen atoms in total. The number of benzene rings is 1. The van der Waals surface area contributed by atoms with Crippen LogP contribution < -0.4 is 11.0 Å². The number of likely N-dealkylation sites (tertiary alicyclic amines) is 1. The summed E-state index contributed by atoms with van der Waals surface area (Å²) in [5.41, 5.74) is 1.64. The zero-order valence-electron chi connectivity index (χ0n) is 17.9. The Labute approximate surface area is 180 Å². The molecule has 2 aromatic rings. The molecule has 3 rings (SSSR count). The summed E-state index contributed by atoms with van der Waals surface area (Å²) in [6.45, 7) is 5.03. The number of para-hydroxylation sites is 2. The third kappa shape index (κ3) is 5.86. The number of H-pyrrole nitrogens is 1. The molecule has 1 fully saturated rings. The van der Waals surface area contributed by atoms with Crippen LogP contribution in [-0.2, 0) is 14.3 Å². The van der Waals surface area contributed by atoms with Crippen LogP contribution in [0.2, 0.25) is 0 Å². The number of nitrogens with one attached hydrogen (secondary N) is 2. The molecule has 2 heterocycles. The number of alkyl carbamates (subject to hydrolysis) is 1. The van der Waals surface area contributed by atoms with E-state index in [4.69, 9.17) is 9.47 Å². The van der Waals surface area contributed by atoms with Crippen LogP contribution in [0.5, 0.6) is 0 Å². The summed E-state index contributed by atoms with van der Waals surface area (Å²) >= 11 is 0. The molecule has 0 aliphatic carbocycles. The number of carbonyl (C=O) groups is 2. The molecule has 0 spiro atoms. The number of imidazole rings is 1. The van der Waals surface area contributed by atoms with Gasteiger partial charge < -0.3 is 29.8 Å². The smallest absolute Gasteiger partial charge is 0.407 e. The minimum atomic E-state index is -0.851. The van der Waals surface area contributed by atoms with E-state index in [1.165, 1.54) is 6.92 Å². The van der Waals surface area contributed by atoms with Crippen LogP contribution in [0.3, 0.4) is 0 Å². The first-order valence-electron chi connectivity index (χ1n) is 10.6. The van der Waals surface area contributed by atoms with Gasteiger partial charge in [0.2, 0.25) is 0 Å². The fourth-order valence-electron chi connectivity index (χ4n) is 3.86. The predicted octanol–water partition coefficient (Wildman–Crippen LogP) is 1.01. The number of nitrogens with zero attached hydrogens (tertiary/aromatic N) is 2. The molecule has 1 aliphatic rings. The Morgan fingerprint density at radius 1 is 1.26 bits per heavy atom. The lowest BCUT2D eigenvalue weighted by molar-refractivity contribution is -0.145. The van der Waals surface area contributed by atoms with Crippen molar-refractivity contribution < 1.29 is 24.2 Å². The summed E-state index contributed by atoms with van der Waals surface area (Å²) in [5.74, 6) is -0.544. The third-order valence-electron chi connectivity index (χ3n) is 5.40. The average molecular weight is 434 g/mol. The molecule has 0 saturated carbocycles. The molecule has 1 aliphatic heterocycles. The van der Waals surface area contributed by atoms with Crippen LogP contribution >= 0.6 is 0 Å². The highest BCUT2D eigenvalue weighted by molar-refractivity contribution is 5.80. The largest absolute Gasteiger partial charge is 0.464 e. The number of hydrogen-bond donors (Lipinski definition) is 3. The van der Waals surface area contributed by atoms with E-state index in [1.54, 1.807) is 6.92 Å². The number of piperidine rings is 1. The van der Waals surface area contributed by atoms with Gasteiger partial charge in [-0.25, -0.2) is 14.4 Å². The lowest BCUT2D eigenvalue weighted by Crippen LogP contribution is -2.43. The number of hydrogen-bond acceptors (Lipinski definition) is 7. The summed E-state index contributed by atoms with van der Waals surface area (Å²) in [7, 11) is 0. The number of aromatic nitrogens is 2. The quantitative estimate of drug-likeness (QED) is 0.529. The summed E-state index contributed by atoms with van der Waals surface area (Å²) in [5, 5.41) is 12.6. The minimum Gasteiger partial charge on any atom is -0.464 e. The van der Waals surface area contributed by atoms with Crippen LogP contribution in [0.25, 0.3) is 11.0 Å². The second-order valence-corrected chi connectivity index (χ2v) is 7.72. The summed E-state index contributed by atoms with van der Waals surface area (Å²) in [6.07, 6.45) is -0.0623. The Bertz CT molecular complexity index is 947. The number of carbonyl (C=O) groups excluding carboxylic acids is 2. The zero-order valence-corrected chi connectivity index (χ0v) is 17.9. The molecule has 2 atom stereocenters. The van der Waals surface area contributed by atoms with Gasteiger partial charge in [-0.1, -0.05) is 12.1 Å². The van der Waals surface area contributed by atoms with E-state index < -0.39 is 24.2 Å². The van der Waals surface area contributed by atoms with Crippen LogP contribution in [0.1, 0.15) is 32.7 Å². The Balaban J connectivity index is 1.42. The van der Waals surface area contributed by atoms with Gasteiger partial charge in [-0.05, 0) is 38.8 Å². The number of amides is 1. The van der Waals surface area contributed by atoms with E-state index in [2.05, 4.69) is 15.2 Å². The molecular weight excluding hydrogens is 404 g/mol. The second kappa shape index (κ2) is 10.5. The highest BCUT2D eigenvalue weighted by Gasteiger charge is 2.25. The summed E-state index contributed by atoms with van der Waals surface area (Å²) in [6, 6.07) is 6.92. The van der Waals surface area contributed by atoms with E-state index in [0.717, 1.165) is 37.0 Å². The molecule has 1 saturated heterocycles. The lowest BCUT2D eigenvalue weighted by atomic mass is 10.0. The molecule has 1 aromatic heterocycles. The average Bonchev–Trinajstić information content (AvgIpc) is 3.08. The molecule has 0 bridgehead atoms. The first-order chi connectivity index (χ1) is 14.9. The molecule has 170 valence electrons. The Morgan fingerprint density at radius 3 is 2.68 bits per heavy atom. The van der Waals surface area contributed by atoms with Crippen molar-refractivity contribution in [3.05, 3.63) is 34.7 Å². The van der Waals surface area contributed by atoms with Gasteiger partial charge in [0.25, 0.3) is 0 Å². The van der Waals surface area contributed by atoms with E-state index in [-0.39, 0.29) is 24.9 Å². The van der Waals surface area contributed by atoms with Crippen LogP contribution in [-0.4, -0.2) is 76.6 Å². The molecule has 1 amide bonds. The Hall–Kier alpha value is -2.85. The maximum atomic E-state index is 12.4. The number of fused-ring (bicyclic) bond motifs is 1. The molecule has 2 unspecified atom stereocenters. The van der Waals surface area contributed by atoms with Crippen LogP contribution in [0, 0.1) is 0 Å². The van der Waals surface area contributed by atoms with Gasteiger partial charge in [0.05, 0.1) is 17.6 Å². The maximum absolute atomic E-state index is 12.4. The Kier molecular flexibility index (Phi) is 7.69. The van der Waals surface area contributed by atoms with E-state index in [1.807, 2.05) is 28.8 Å². The SMILES string of the molecule is CCOC(=O)C(C)NC(=O)OCC(O)CN1CCC(n2c(=O)[nH]c3ccccc32)CC1. The van der Waals surface area contributed by atoms with Gasteiger partial charge in [-0.3, -0.25) is 4.57 Å². The van der Waals surface area contributed by atoms with Gasteiger partial charge in [0, 0.05) is 25.7 Å². The number of aliphatic hydroxyl groups is 1. The molecule has 10 heteroatoms. The molecule has 31 heavy (non-hydrogen) atoms. The van der Waals surface area contributed by atoms with Crippen molar-refractivity contribution in [3.63, 3.8) is 0 Å². The molecule has 0 radical (unpaired) electrons. The molecule has 1 aromatic carbocycles. The predicted molar refractivity (Wildman–Crippen MR) is 114 cm³/mol. The van der Waals surface area contributed by atoms with Crippen molar-refractivity contribution in [1.29, 1.82) is 0 Å². The van der Waals surface area contributed by atoms with Gasteiger partial charge >= 0.3 is 17.8 Å². The number of aliphatic hydroxyl groups excluding tert-OH is 1. The van der Waals surface area contributed by atoms with Gasteiger partial charge in [0.15, 0.2) is 0 Å². The maximum Gasteiger partial charge on any atom is 0.407 e. The normalized spacial score (nSPS) is 17.3. The fraction of sp³-hybridized carbons (Fsp3) is 0.571. The van der Waals surface area contributed by atoms with Crippen molar-refractivity contribution in [2.45, 2.75) is 44.9 Å². The summed E-state index contributed by atoms with van der Waals surface area (Å²) in [4.78, 5) is 40.6. The number of aromatic amines is 1. The number of β-amino-alcohol motifs (C(OH)–C–C–N with tert-alkyl or cyclic N) is 1.